The molecular formula is C11H11F4NO2. The monoisotopic (exact) mass is 265 g/mol. The fourth-order valence-corrected chi connectivity index (χ4v) is 1.56. The van der Waals surface area contributed by atoms with Crippen LogP contribution in [0.2, 0.25) is 0 Å². The molecule has 100 valence electrons. The molecule has 0 saturated heterocycles. The van der Waals surface area contributed by atoms with Crippen molar-refractivity contribution < 1.29 is 27.5 Å². The molecule has 0 aliphatic carbocycles. The van der Waals surface area contributed by atoms with Crippen molar-refractivity contribution in [3.8, 4) is 0 Å². The first-order chi connectivity index (χ1) is 8.16. The molecule has 1 rings (SSSR count). The van der Waals surface area contributed by atoms with Gasteiger partial charge in [-0.05, 0) is 12.1 Å². The molecule has 1 N–H and O–H groups in total. The summed E-state index contributed by atoms with van der Waals surface area (Å²) in [7, 11) is 2.52. The van der Waals surface area contributed by atoms with Gasteiger partial charge in [0.1, 0.15) is 6.42 Å². The summed E-state index contributed by atoms with van der Waals surface area (Å²) in [5.74, 6) is -8.20. The highest BCUT2D eigenvalue weighted by atomic mass is 19.3. The van der Waals surface area contributed by atoms with Crippen LogP contribution in [0.15, 0.2) is 12.1 Å². The minimum absolute atomic E-state index is 0.549. The van der Waals surface area contributed by atoms with Crippen molar-refractivity contribution in [3.05, 3.63) is 29.3 Å². The van der Waals surface area contributed by atoms with Crippen LogP contribution in [-0.2, 0) is 10.7 Å². The highest BCUT2D eigenvalue weighted by Crippen LogP contribution is 2.39. The van der Waals surface area contributed by atoms with E-state index < -0.39 is 41.2 Å². The number of rotatable bonds is 4. The van der Waals surface area contributed by atoms with E-state index in [0.717, 1.165) is 4.90 Å². The third kappa shape index (κ3) is 2.72. The zero-order valence-electron chi connectivity index (χ0n) is 9.68. The normalized spacial score (nSPS) is 11.4. The highest BCUT2D eigenvalue weighted by Gasteiger charge is 2.38. The quantitative estimate of drug-likeness (QED) is 0.851. The van der Waals surface area contributed by atoms with Crippen LogP contribution in [0.1, 0.15) is 12.0 Å². The summed E-state index contributed by atoms with van der Waals surface area (Å²) in [6.07, 6.45) is -1.49. The van der Waals surface area contributed by atoms with E-state index in [1.807, 2.05) is 0 Å². The number of aliphatic carboxylic acids is 1. The van der Waals surface area contributed by atoms with Gasteiger partial charge in [-0.1, -0.05) is 0 Å². The molecule has 0 saturated carbocycles. The lowest BCUT2D eigenvalue weighted by Crippen LogP contribution is -2.24. The molecule has 3 nitrogen and oxygen atoms in total. The van der Waals surface area contributed by atoms with E-state index in [0.29, 0.717) is 12.1 Å². The van der Waals surface area contributed by atoms with E-state index in [1.165, 1.54) is 14.1 Å². The van der Waals surface area contributed by atoms with Crippen LogP contribution in [0.5, 0.6) is 0 Å². The van der Waals surface area contributed by atoms with Crippen LogP contribution >= 0.6 is 0 Å². The Labute approximate surface area is 101 Å². The van der Waals surface area contributed by atoms with Crippen molar-refractivity contribution in [2.45, 2.75) is 12.3 Å². The number of carbonyl (C=O) groups is 1. The third-order valence-electron chi connectivity index (χ3n) is 2.28. The molecule has 1 aromatic carbocycles. The lowest BCUT2D eigenvalue weighted by molar-refractivity contribution is -0.145. The zero-order chi connectivity index (χ0) is 14.1. The van der Waals surface area contributed by atoms with E-state index in [1.54, 1.807) is 0 Å². The summed E-state index contributed by atoms with van der Waals surface area (Å²) < 4.78 is 53.8. The van der Waals surface area contributed by atoms with E-state index in [4.69, 9.17) is 5.11 Å². The molecule has 0 atom stereocenters. The number of nitrogens with zero attached hydrogens (tertiary/aromatic N) is 1. The van der Waals surface area contributed by atoms with Crippen molar-refractivity contribution in [2.75, 3.05) is 19.0 Å². The van der Waals surface area contributed by atoms with Crippen molar-refractivity contribution >= 4 is 11.7 Å². The lowest BCUT2D eigenvalue weighted by Gasteiger charge is -2.23. The maximum atomic E-state index is 13.6. The number of hydrogen-bond acceptors (Lipinski definition) is 2. The number of hydrogen-bond donors (Lipinski definition) is 1. The molecule has 0 aliphatic rings. The minimum Gasteiger partial charge on any atom is -0.481 e. The Balaban J connectivity index is 3.40. The molecule has 0 spiro atoms. The molecule has 0 fully saturated rings. The average molecular weight is 265 g/mol. The van der Waals surface area contributed by atoms with Gasteiger partial charge in [-0.3, -0.25) is 4.79 Å². The molecule has 0 unspecified atom stereocenters. The van der Waals surface area contributed by atoms with Gasteiger partial charge < -0.3 is 10.0 Å². The molecule has 0 amide bonds. The molecule has 0 heterocycles. The molecule has 18 heavy (non-hydrogen) atoms. The number of carboxylic acid groups (broad SMARTS) is 1. The Morgan fingerprint density at radius 1 is 1.33 bits per heavy atom. The predicted molar refractivity (Wildman–Crippen MR) is 56.8 cm³/mol. The second-order valence-corrected chi connectivity index (χ2v) is 3.93. The Morgan fingerprint density at radius 2 is 1.89 bits per heavy atom. The smallest absolute Gasteiger partial charge is 0.309 e. The molecular weight excluding hydrogens is 254 g/mol. The van der Waals surface area contributed by atoms with Crippen molar-refractivity contribution in [1.82, 2.24) is 0 Å². The highest BCUT2D eigenvalue weighted by molar-refractivity contribution is 5.69. The summed E-state index contributed by atoms with van der Waals surface area (Å²) in [5, 5.41) is 8.40. The Bertz CT molecular complexity index is 474. The SMILES string of the molecule is CN(C)c1c(C(F)(F)CC(=O)O)ccc(F)c1F. The van der Waals surface area contributed by atoms with Gasteiger partial charge in [0.05, 0.1) is 5.69 Å². The van der Waals surface area contributed by atoms with Crippen molar-refractivity contribution in [2.24, 2.45) is 0 Å². The van der Waals surface area contributed by atoms with Gasteiger partial charge in [0.15, 0.2) is 11.6 Å². The van der Waals surface area contributed by atoms with Crippen molar-refractivity contribution in [1.29, 1.82) is 0 Å². The number of anilines is 1. The molecule has 0 aliphatic heterocycles. The molecule has 0 bridgehead atoms. The van der Waals surface area contributed by atoms with Crippen LogP contribution < -0.4 is 4.90 Å². The summed E-state index contributed by atoms with van der Waals surface area (Å²) in [5.41, 5.74) is -1.50. The standard InChI is InChI=1S/C11H11F4NO2/c1-16(2)10-6(3-4-7(12)9(10)13)11(14,15)5-8(17)18/h3-4H,5H2,1-2H3,(H,17,18). The molecule has 7 heteroatoms. The van der Waals surface area contributed by atoms with Gasteiger partial charge in [-0.2, -0.15) is 0 Å². The first kappa shape index (κ1) is 14.3. The fourth-order valence-electron chi connectivity index (χ4n) is 1.56. The summed E-state index contributed by atoms with van der Waals surface area (Å²) >= 11 is 0. The Hall–Kier alpha value is -1.79. The Morgan fingerprint density at radius 3 is 2.33 bits per heavy atom. The molecule has 0 radical (unpaired) electrons. The first-order valence-electron chi connectivity index (χ1n) is 4.92. The largest absolute Gasteiger partial charge is 0.481 e. The summed E-state index contributed by atoms with van der Waals surface area (Å²) in [6, 6.07) is 1.24. The maximum absolute atomic E-state index is 13.6. The second-order valence-electron chi connectivity index (χ2n) is 3.93. The van der Waals surface area contributed by atoms with Crippen LogP contribution in [0.3, 0.4) is 0 Å². The van der Waals surface area contributed by atoms with E-state index in [9.17, 15) is 22.4 Å². The van der Waals surface area contributed by atoms with E-state index >= 15 is 0 Å². The first-order valence-corrected chi connectivity index (χ1v) is 4.92. The predicted octanol–water partition coefficient (Wildman–Crippen LogP) is 2.60. The Kier molecular flexibility index (Phi) is 3.83. The van der Waals surface area contributed by atoms with Gasteiger partial charge in [0.2, 0.25) is 0 Å². The maximum Gasteiger partial charge on any atom is 0.309 e. The minimum atomic E-state index is -3.78. The van der Waals surface area contributed by atoms with Crippen LogP contribution in [0.25, 0.3) is 0 Å². The number of benzene rings is 1. The molecule has 0 aromatic heterocycles. The van der Waals surface area contributed by atoms with E-state index in [-0.39, 0.29) is 0 Å². The molecule has 1 aromatic rings. The van der Waals surface area contributed by atoms with Gasteiger partial charge >= 0.3 is 5.97 Å². The number of halogens is 4. The van der Waals surface area contributed by atoms with Gasteiger partial charge in [0, 0.05) is 19.7 Å². The van der Waals surface area contributed by atoms with Crippen molar-refractivity contribution in [3.63, 3.8) is 0 Å². The second kappa shape index (κ2) is 4.83. The van der Waals surface area contributed by atoms with Gasteiger partial charge in [0.25, 0.3) is 5.92 Å². The lowest BCUT2D eigenvalue weighted by atomic mass is 10.0. The fraction of sp³-hybridized carbons (Fsp3) is 0.364. The van der Waals surface area contributed by atoms with Crippen LogP contribution in [-0.4, -0.2) is 25.2 Å². The van der Waals surface area contributed by atoms with Gasteiger partial charge in [-0.15, -0.1) is 0 Å². The van der Waals surface area contributed by atoms with Gasteiger partial charge in [-0.25, -0.2) is 17.6 Å². The zero-order valence-corrected chi connectivity index (χ0v) is 9.68. The third-order valence-corrected chi connectivity index (χ3v) is 2.28. The van der Waals surface area contributed by atoms with E-state index in [2.05, 4.69) is 0 Å². The average Bonchev–Trinajstić information content (AvgIpc) is 2.18. The number of alkyl halides is 2. The number of carboxylic acids is 1. The van der Waals surface area contributed by atoms with Crippen LogP contribution in [0.4, 0.5) is 23.2 Å². The topological polar surface area (TPSA) is 40.5 Å². The summed E-state index contributed by atoms with van der Waals surface area (Å²) in [4.78, 5) is 11.3. The van der Waals surface area contributed by atoms with Crippen LogP contribution in [0, 0.1) is 11.6 Å². The summed E-state index contributed by atoms with van der Waals surface area (Å²) in [6.45, 7) is 0.